The number of hydrogen-bond acceptors (Lipinski definition) is 3. The van der Waals surface area contributed by atoms with Crippen molar-refractivity contribution in [2.45, 2.75) is 32.7 Å². The van der Waals surface area contributed by atoms with Gasteiger partial charge in [0.25, 0.3) is 11.8 Å². The second kappa shape index (κ2) is 7.46. The third-order valence-corrected chi connectivity index (χ3v) is 5.43. The fourth-order valence-corrected chi connectivity index (χ4v) is 3.76. The highest BCUT2D eigenvalue weighted by atomic mass is 16.2. The number of rotatable bonds is 3. The number of amides is 2. The highest BCUT2D eigenvalue weighted by Crippen LogP contribution is 2.21. The summed E-state index contributed by atoms with van der Waals surface area (Å²) in [6, 6.07) is 13.6. The number of likely N-dealkylation sites (tertiary alicyclic amines) is 1. The lowest BCUT2D eigenvalue weighted by Crippen LogP contribution is -2.46. The number of H-pyrrole nitrogens is 1. The van der Waals surface area contributed by atoms with E-state index in [1.807, 2.05) is 61.2 Å². The van der Waals surface area contributed by atoms with Gasteiger partial charge in [-0.2, -0.15) is 5.10 Å². The van der Waals surface area contributed by atoms with Crippen LogP contribution in [0.2, 0.25) is 0 Å². The lowest BCUT2D eigenvalue weighted by Gasteiger charge is -2.32. The third-order valence-electron chi connectivity index (χ3n) is 5.43. The van der Waals surface area contributed by atoms with Gasteiger partial charge < -0.3 is 10.2 Å². The zero-order chi connectivity index (χ0) is 19.7. The molecular weight excluding hydrogens is 352 g/mol. The summed E-state index contributed by atoms with van der Waals surface area (Å²) in [5.41, 5.74) is 4.11. The van der Waals surface area contributed by atoms with Crippen LogP contribution in [0, 0.1) is 13.8 Å². The van der Waals surface area contributed by atoms with Crippen molar-refractivity contribution in [3.8, 4) is 0 Å². The van der Waals surface area contributed by atoms with Crippen LogP contribution in [-0.2, 0) is 0 Å². The van der Waals surface area contributed by atoms with E-state index in [0.29, 0.717) is 24.3 Å². The summed E-state index contributed by atoms with van der Waals surface area (Å²) < 4.78 is 0. The molecule has 0 aliphatic carbocycles. The highest BCUT2D eigenvalue weighted by molar-refractivity contribution is 6.04. The Labute approximate surface area is 163 Å². The van der Waals surface area contributed by atoms with Gasteiger partial charge in [0.1, 0.15) is 0 Å². The average molecular weight is 376 g/mol. The largest absolute Gasteiger partial charge is 0.349 e. The van der Waals surface area contributed by atoms with E-state index < -0.39 is 0 Å². The van der Waals surface area contributed by atoms with Gasteiger partial charge in [0, 0.05) is 30.1 Å². The van der Waals surface area contributed by atoms with Crippen LogP contribution in [-0.4, -0.2) is 46.0 Å². The minimum atomic E-state index is -0.0551. The molecule has 0 unspecified atom stereocenters. The molecular formula is C22H24N4O2. The number of benzene rings is 2. The molecule has 6 heteroatoms. The van der Waals surface area contributed by atoms with E-state index in [4.69, 9.17) is 0 Å². The Morgan fingerprint density at radius 3 is 2.61 bits per heavy atom. The minimum absolute atomic E-state index is 0.0448. The Kier molecular flexibility index (Phi) is 4.86. The summed E-state index contributed by atoms with van der Waals surface area (Å²) in [4.78, 5) is 27.3. The molecule has 1 aliphatic rings. The molecule has 6 nitrogen and oxygen atoms in total. The molecule has 0 atom stereocenters. The maximum atomic E-state index is 12.9. The van der Waals surface area contributed by atoms with E-state index in [1.54, 1.807) is 0 Å². The lowest BCUT2D eigenvalue weighted by atomic mass is 10.0. The smallest absolute Gasteiger partial charge is 0.274 e. The van der Waals surface area contributed by atoms with Crippen LogP contribution in [0.4, 0.5) is 0 Å². The van der Waals surface area contributed by atoms with Gasteiger partial charge in [0.2, 0.25) is 0 Å². The normalized spacial score (nSPS) is 15.0. The molecule has 0 spiro atoms. The number of piperidine rings is 1. The average Bonchev–Trinajstić information content (AvgIpc) is 3.11. The zero-order valence-corrected chi connectivity index (χ0v) is 16.2. The Balaban J connectivity index is 1.40. The second-order valence-corrected chi connectivity index (χ2v) is 7.48. The maximum Gasteiger partial charge on any atom is 0.274 e. The number of hydrogen-bond donors (Lipinski definition) is 2. The van der Waals surface area contributed by atoms with Crippen molar-refractivity contribution in [2.24, 2.45) is 0 Å². The fourth-order valence-electron chi connectivity index (χ4n) is 3.76. The van der Waals surface area contributed by atoms with Crippen LogP contribution < -0.4 is 5.32 Å². The molecule has 0 saturated carbocycles. The summed E-state index contributed by atoms with van der Waals surface area (Å²) in [7, 11) is 0. The number of aromatic nitrogens is 2. The molecule has 2 heterocycles. The molecule has 1 saturated heterocycles. The monoisotopic (exact) mass is 376 g/mol. The summed E-state index contributed by atoms with van der Waals surface area (Å²) in [5.74, 6) is -0.0998. The van der Waals surface area contributed by atoms with Crippen LogP contribution in [0.5, 0.6) is 0 Å². The Hall–Kier alpha value is -3.15. The van der Waals surface area contributed by atoms with Crippen molar-refractivity contribution < 1.29 is 9.59 Å². The summed E-state index contributed by atoms with van der Waals surface area (Å²) >= 11 is 0. The van der Waals surface area contributed by atoms with Gasteiger partial charge in [0.05, 0.1) is 5.52 Å². The van der Waals surface area contributed by atoms with Crippen LogP contribution in [0.15, 0.2) is 42.5 Å². The Morgan fingerprint density at radius 2 is 1.86 bits per heavy atom. The Bertz CT molecular complexity index is 1030. The molecule has 0 radical (unpaired) electrons. The number of fused-ring (bicyclic) bond motifs is 1. The van der Waals surface area contributed by atoms with E-state index in [9.17, 15) is 9.59 Å². The third kappa shape index (κ3) is 3.50. The molecule has 28 heavy (non-hydrogen) atoms. The molecule has 3 aromatic rings. The molecule has 144 valence electrons. The van der Waals surface area contributed by atoms with Gasteiger partial charge in [-0.15, -0.1) is 0 Å². The number of carbonyl (C=O) groups excluding carboxylic acids is 2. The molecule has 1 fully saturated rings. The first-order valence-corrected chi connectivity index (χ1v) is 9.63. The van der Waals surface area contributed by atoms with Crippen LogP contribution in [0.1, 0.15) is 44.8 Å². The van der Waals surface area contributed by atoms with E-state index >= 15 is 0 Å². The number of carbonyl (C=O) groups is 2. The molecule has 2 aromatic carbocycles. The molecule has 2 amide bonds. The number of aryl methyl sites for hydroxylation is 2. The van der Waals surface area contributed by atoms with Crippen molar-refractivity contribution in [3.63, 3.8) is 0 Å². The van der Waals surface area contributed by atoms with Gasteiger partial charge in [-0.3, -0.25) is 14.7 Å². The van der Waals surface area contributed by atoms with Crippen molar-refractivity contribution in [1.82, 2.24) is 20.4 Å². The van der Waals surface area contributed by atoms with E-state index in [0.717, 1.165) is 34.9 Å². The first-order valence-electron chi connectivity index (χ1n) is 9.63. The van der Waals surface area contributed by atoms with Crippen molar-refractivity contribution in [3.05, 3.63) is 64.8 Å². The van der Waals surface area contributed by atoms with Gasteiger partial charge >= 0.3 is 0 Å². The summed E-state index contributed by atoms with van der Waals surface area (Å²) in [6.07, 6.45) is 1.48. The van der Waals surface area contributed by atoms with Gasteiger partial charge in [-0.1, -0.05) is 29.8 Å². The quantitative estimate of drug-likeness (QED) is 0.737. The van der Waals surface area contributed by atoms with Crippen LogP contribution in [0.3, 0.4) is 0 Å². The second-order valence-electron chi connectivity index (χ2n) is 7.48. The zero-order valence-electron chi connectivity index (χ0n) is 16.2. The van der Waals surface area contributed by atoms with Gasteiger partial charge in [0.15, 0.2) is 5.69 Å². The molecule has 2 N–H and O–H groups in total. The van der Waals surface area contributed by atoms with E-state index in [1.165, 1.54) is 0 Å². The summed E-state index contributed by atoms with van der Waals surface area (Å²) in [5, 5.41) is 11.2. The van der Waals surface area contributed by atoms with E-state index in [-0.39, 0.29) is 17.9 Å². The SMILES string of the molecule is Cc1ccc2[nH]nc(C(=O)N3CCC(NC(=O)c4ccccc4C)CC3)c2c1. The van der Waals surface area contributed by atoms with Crippen molar-refractivity contribution >= 4 is 22.7 Å². The first-order chi connectivity index (χ1) is 13.5. The number of nitrogens with one attached hydrogen (secondary N) is 2. The predicted molar refractivity (Wildman–Crippen MR) is 108 cm³/mol. The molecule has 0 bridgehead atoms. The van der Waals surface area contributed by atoms with Crippen LogP contribution >= 0.6 is 0 Å². The minimum Gasteiger partial charge on any atom is -0.349 e. The molecule has 1 aromatic heterocycles. The van der Waals surface area contributed by atoms with Crippen molar-refractivity contribution in [2.75, 3.05) is 13.1 Å². The Morgan fingerprint density at radius 1 is 1.11 bits per heavy atom. The first kappa shape index (κ1) is 18.2. The van der Waals surface area contributed by atoms with Crippen molar-refractivity contribution in [1.29, 1.82) is 0 Å². The number of nitrogens with zero attached hydrogens (tertiary/aromatic N) is 2. The standard InChI is InChI=1S/C22H24N4O2/c1-14-7-8-19-18(13-14)20(25-24-19)22(28)26-11-9-16(10-12-26)23-21(27)17-6-4-3-5-15(17)2/h3-8,13,16H,9-12H2,1-2H3,(H,23,27)(H,24,25). The van der Waals surface area contributed by atoms with E-state index in [2.05, 4.69) is 15.5 Å². The highest BCUT2D eigenvalue weighted by Gasteiger charge is 2.27. The topological polar surface area (TPSA) is 78.1 Å². The predicted octanol–water partition coefficient (Wildman–Crippen LogP) is 3.21. The lowest BCUT2D eigenvalue weighted by molar-refractivity contribution is 0.0694. The molecule has 4 rings (SSSR count). The maximum absolute atomic E-state index is 12.9. The fraction of sp³-hybridized carbons (Fsp3) is 0.318. The summed E-state index contributed by atoms with van der Waals surface area (Å²) in [6.45, 7) is 5.16. The van der Waals surface area contributed by atoms with Gasteiger partial charge in [-0.05, 0) is 50.5 Å². The number of aromatic amines is 1. The molecule has 1 aliphatic heterocycles. The van der Waals surface area contributed by atoms with Crippen LogP contribution in [0.25, 0.3) is 10.9 Å². The van der Waals surface area contributed by atoms with Gasteiger partial charge in [-0.25, -0.2) is 0 Å².